The van der Waals surface area contributed by atoms with E-state index < -0.39 is 77.8 Å². The van der Waals surface area contributed by atoms with Crippen LogP contribution in [0.25, 0.3) is 0 Å². The summed E-state index contributed by atoms with van der Waals surface area (Å²) in [6, 6.07) is -1.14. The Hall–Kier alpha value is -3.41. The quantitative estimate of drug-likeness (QED) is 0.134. The van der Waals surface area contributed by atoms with Crippen LogP contribution in [0, 0.1) is 35.5 Å². The van der Waals surface area contributed by atoms with Gasteiger partial charge in [0.2, 0.25) is 5.79 Å². The molecule has 0 aromatic heterocycles. The molecule has 0 aromatic rings. The van der Waals surface area contributed by atoms with Gasteiger partial charge in [-0.1, -0.05) is 71.1 Å². The van der Waals surface area contributed by atoms with Gasteiger partial charge in [0, 0.05) is 58.5 Å². The third kappa shape index (κ3) is 15.3. The van der Waals surface area contributed by atoms with E-state index in [0.29, 0.717) is 63.4 Å². The van der Waals surface area contributed by atoms with Crippen LogP contribution in [0.15, 0.2) is 47.6 Å². The van der Waals surface area contributed by atoms with E-state index in [1.54, 1.807) is 41.1 Å². The average molecular weight is 958 g/mol. The van der Waals surface area contributed by atoms with E-state index in [9.17, 15) is 39.3 Å². The Kier molecular flexibility index (Phi) is 22.9. The van der Waals surface area contributed by atoms with Crippen molar-refractivity contribution in [2.24, 2.45) is 35.5 Å². The van der Waals surface area contributed by atoms with Gasteiger partial charge in [0.15, 0.2) is 5.78 Å². The Bertz CT molecular complexity index is 1810. The van der Waals surface area contributed by atoms with Crippen molar-refractivity contribution in [1.29, 1.82) is 0 Å². The van der Waals surface area contributed by atoms with Crippen molar-refractivity contribution in [2.45, 2.75) is 180 Å². The van der Waals surface area contributed by atoms with Gasteiger partial charge in [0.25, 0.3) is 11.7 Å². The number of rotatable bonds is 9. The number of hydrogen-bond donors (Lipinski definition) is 3. The van der Waals surface area contributed by atoms with E-state index in [2.05, 4.69) is 0 Å². The van der Waals surface area contributed by atoms with E-state index in [1.807, 2.05) is 58.1 Å². The lowest BCUT2D eigenvalue weighted by molar-refractivity contribution is -0.265. The number of allylic oxidation sites excluding steroid dienone is 6. The fourth-order valence-electron chi connectivity index (χ4n) is 10.5. The second kappa shape index (κ2) is 27.3. The molecule has 1 unspecified atom stereocenters. The van der Waals surface area contributed by atoms with Gasteiger partial charge in [-0.15, -0.1) is 0 Å². The van der Waals surface area contributed by atoms with Gasteiger partial charge in [-0.05, 0) is 107 Å². The van der Waals surface area contributed by atoms with Gasteiger partial charge >= 0.3 is 5.97 Å². The molecule has 4 aliphatic rings. The zero-order valence-corrected chi connectivity index (χ0v) is 42.4. The number of methoxy groups -OCH3 is 3. The molecular weight excluding hydrogens is 875 g/mol. The Morgan fingerprint density at radius 2 is 1.59 bits per heavy atom. The van der Waals surface area contributed by atoms with Crippen LogP contribution in [0.1, 0.15) is 126 Å². The maximum Gasteiger partial charge on any atom is 0.329 e. The first-order valence-corrected chi connectivity index (χ1v) is 25.0. The molecule has 3 fully saturated rings. The van der Waals surface area contributed by atoms with Crippen LogP contribution in [-0.2, 0) is 52.4 Å². The molecule has 15 nitrogen and oxygen atoms in total. The van der Waals surface area contributed by atoms with E-state index in [-0.39, 0.29) is 74.1 Å². The number of piperidine rings is 1. The highest BCUT2D eigenvalue weighted by Gasteiger charge is 2.53. The molecule has 3 aliphatic heterocycles. The molecule has 2 saturated heterocycles. The van der Waals surface area contributed by atoms with Crippen molar-refractivity contribution in [1.82, 2.24) is 4.90 Å². The molecule has 1 amide bonds. The molecular formula is C53H83NO14. The number of carbonyl (C=O) groups excluding carboxylic acids is 5. The van der Waals surface area contributed by atoms with Crippen LogP contribution in [-0.4, -0.2) is 145 Å². The molecule has 68 heavy (non-hydrogen) atoms. The lowest BCUT2D eigenvalue weighted by atomic mass is 9.78. The highest BCUT2D eigenvalue weighted by Crippen LogP contribution is 2.38. The monoisotopic (exact) mass is 958 g/mol. The molecule has 3 N–H and O–H groups in total. The first-order valence-electron chi connectivity index (χ1n) is 25.0. The number of ether oxygens (including phenoxy) is 6. The maximum absolute atomic E-state index is 14.5. The molecule has 3 heterocycles. The highest BCUT2D eigenvalue weighted by molar-refractivity contribution is 6.39. The van der Waals surface area contributed by atoms with Gasteiger partial charge in [-0.2, -0.15) is 0 Å². The number of hydrogen-bond acceptors (Lipinski definition) is 14. The molecule has 4 rings (SSSR count). The van der Waals surface area contributed by atoms with Crippen LogP contribution in [0.3, 0.4) is 0 Å². The number of amides is 1. The Balaban J connectivity index is 1.70. The molecule has 384 valence electrons. The third-order valence-corrected chi connectivity index (χ3v) is 14.9. The molecule has 1 aliphatic carbocycles. The molecule has 0 spiro atoms. The van der Waals surface area contributed by atoms with Crippen molar-refractivity contribution >= 4 is 29.2 Å². The third-order valence-electron chi connectivity index (χ3n) is 14.9. The van der Waals surface area contributed by atoms with E-state index in [4.69, 9.17) is 28.4 Å². The van der Waals surface area contributed by atoms with Crippen molar-refractivity contribution < 1.29 is 67.7 Å². The minimum absolute atomic E-state index is 0.0158. The largest absolute Gasteiger partial charge is 0.460 e. The number of cyclic esters (lactones) is 1. The van der Waals surface area contributed by atoms with E-state index >= 15 is 0 Å². The average Bonchev–Trinajstić information content (AvgIpc) is 3.32. The number of aliphatic hydroxyl groups excluding tert-OH is 2. The first kappa shape index (κ1) is 57.2. The number of aliphatic hydroxyl groups is 3. The lowest BCUT2D eigenvalue weighted by Gasteiger charge is -2.42. The highest BCUT2D eigenvalue weighted by atomic mass is 16.6. The van der Waals surface area contributed by atoms with Gasteiger partial charge in [-0.25, -0.2) is 4.79 Å². The lowest BCUT2D eigenvalue weighted by Crippen LogP contribution is -2.61. The maximum atomic E-state index is 14.5. The van der Waals surface area contributed by atoms with Crippen molar-refractivity contribution in [3.8, 4) is 0 Å². The minimum atomic E-state index is -2.43. The smallest absolute Gasteiger partial charge is 0.329 e. The second-order valence-corrected chi connectivity index (χ2v) is 20.2. The van der Waals surface area contributed by atoms with Crippen LogP contribution >= 0.6 is 0 Å². The fourth-order valence-corrected chi connectivity index (χ4v) is 10.5. The van der Waals surface area contributed by atoms with Crippen LogP contribution in [0.5, 0.6) is 0 Å². The predicted octanol–water partition coefficient (Wildman–Crippen LogP) is 6.20. The normalized spacial score (nSPS) is 39.2. The number of carbonyl (C=O) groups is 5. The van der Waals surface area contributed by atoms with Crippen LogP contribution < -0.4 is 0 Å². The Morgan fingerprint density at radius 1 is 0.853 bits per heavy atom. The number of ketones is 3. The van der Waals surface area contributed by atoms with Crippen molar-refractivity contribution in [2.75, 3.05) is 41.1 Å². The van der Waals surface area contributed by atoms with Gasteiger partial charge < -0.3 is 48.6 Å². The summed E-state index contributed by atoms with van der Waals surface area (Å²) in [6.45, 7) is 12.9. The summed E-state index contributed by atoms with van der Waals surface area (Å²) in [4.78, 5) is 72.1. The summed E-state index contributed by atoms with van der Waals surface area (Å²) in [5.74, 6) is -7.96. The topological polar surface area (TPSA) is 205 Å². The summed E-state index contributed by atoms with van der Waals surface area (Å²) in [5.41, 5.74) is 1.26. The summed E-state index contributed by atoms with van der Waals surface area (Å²) in [6.07, 6.45) is 12.0. The standard InChI is InChI=1S/C53H83NO14/c1-32-16-12-11-13-17-33(2)44(63-8)30-40-21-19-38(7)53(62,68-40)50(59)51(60)54-23-15-14-18-41(54)52(61)67-45(35(4)28-39-20-22-43(66-25-24-55)46(29-39)64-9)31-42(56)34(3)27-37(6)48(58)49(65-10)47(57)36(5)26-32/h11-13,16-17,27,32,34-36,38-41,43-46,48-49,55,58,62H,14-15,18-26,28-31H2,1-10H3/b13-11+,16-12+,33-17+,37-27+/t32-,34-,35+,36-,38-,39+,40?,41+,43-,44+,45+,46-,48-,49+,53-/m1/s1. The SMILES string of the molecule is CO[C@H]1CC2CC[C@@H](C)[C@@](O)(O2)C(=O)C(=O)N2CCCC[C@H]2C(=O)O[C@H]([C@@H](C)C[C@@H]2CC[C@@H](OCCO)[C@H](OC)C2)CC(=O)[C@H](C)/C=C(\C)[C@@H](O)[C@@H](OC)C(=O)[C@H](C)C[C@H](C)/C=C/C=C/C=C/1C. The second-order valence-electron chi connectivity index (χ2n) is 20.2. The van der Waals surface area contributed by atoms with E-state index in [0.717, 1.165) is 12.0 Å². The number of esters is 1. The zero-order valence-electron chi connectivity index (χ0n) is 42.4. The molecule has 2 bridgehead atoms. The van der Waals surface area contributed by atoms with Crippen LogP contribution in [0.4, 0.5) is 0 Å². The molecule has 0 aromatic carbocycles. The van der Waals surface area contributed by atoms with Gasteiger partial charge in [0.05, 0.1) is 37.6 Å². The van der Waals surface area contributed by atoms with E-state index in [1.165, 1.54) is 12.0 Å². The summed E-state index contributed by atoms with van der Waals surface area (Å²) >= 11 is 0. The summed E-state index contributed by atoms with van der Waals surface area (Å²) < 4.78 is 35.6. The zero-order chi connectivity index (χ0) is 50.3. The summed E-state index contributed by atoms with van der Waals surface area (Å²) in [7, 11) is 4.58. The van der Waals surface area contributed by atoms with Crippen molar-refractivity contribution in [3.63, 3.8) is 0 Å². The number of Topliss-reactive ketones (excluding diaryl/α,β-unsaturated/α-hetero) is 3. The van der Waals surface area contributed by atoms with Crippen molar-refractivity contribution in [3.05, 3.63) is 47.6 Å². The Labute approximate surface area is 405 Å². The first-order chi connectivity index (χ1) is 32.3. The number of fused-ring (bicyclic) bond motifs is 3. The van der Waals surface area contributed by atoms with Crippen LogP contribution in [0.2, 0.25) is 0 Å². The minimum Gasteiger partial charge on any atom is -0.460 e. The van der Waals surface area contributed by atoms with Gasteiger partial charge in [-0.3, -0.25) is 19.2 Å². The summed E-state index contributed by atoms with van der Waals surface area (Å²) in [5, 5.41) is 32.8. The molecule has 15 heteroatoms. The predicted molar refractivity (Wildman–Crippen MR) is 256 cm³/mol. The molecule has 1 saturated carbocycles. The molecule has 0 radical (unpaired) electrons. The fraction of sp³-hybridized carbons (Fsp3) is 0.755. The molecule has 15 atom stereocenters. The number of nitrogens with zero attached hydrogens (tertiary/aromatic N) is 1. The van der Waals surface area contributed by atoms with Gasteiger partial charge in [0.1, 0.15) is 30.1 Å². The Morgan fingerprint density at radius 3 is 2.26 bits per heavy atom.